The van der Waals surface area contributed by atoms with Gasteiger partial charge in [-0.15, -0.1) is 17.0 Å². The maximum absolute atomic E-state index is 13.5. The molecule has 5 aromatic rings. The average Bonchev–Trinajstić information content (AvgIpc) is 3.43. The van der Waals surface area contributed by atoms with E-state index in [0.717, 1.165) is 22.5 Å². The predicted octanol–water partition coefficient (Wildman–Crippen LogP) is 7.82. The van der Waals surface area contributed by atoms with Crippen LogP contribution in [0, 0.1) is 0 Å². The molecule has 2 amide bonds. The number of ether oxygens (including phenoxy) is 2. The number of halogens is 7. The van der Waals surface area contributed by atoms with E-state index >= 15 is 0 Å². The lowest BCUT2D eigenvalue weighted by molar-refractivity contribution is -0.153. The summed E-state index contributed by atoms with van der Waals surface area (Å²) in [5, 5.41) is 13.2. The van der Waals surface area contributed by atoms with Gasteiger partial charge in [-0.05, 0) is 66.2 Å². The van der Waals surface area contributed by atoms with Crippen LogP contribution in [0.15, 0.2) is 85.1 Å². The maximum atomic E-state index is 13.5. The highest BCUT2D eigenvalue weighted by Gasteiger charge is 2.32. The van der Waals surface area contributed by atoms with Crippen molar-refractivity contribution in [1.82, 2.24) is 19.4 Å². The van der Waals surface area contributed by atoms with Gasteiger partial charge in [0.25, 0.3) is 11.8 Å². The summed E-state index contributed by atoms with van der Waals surface area (Å²) in [4.78, 5) is 34.2. The van der Waals surface area contributed by atoms with Crippen molar-refractivity contribution in [2.24, 2.45) is 7.05 Å². The lowest BCUT2D eigenvalue weighted by atomic mass is 10.1. The molecule has 0 spiro atoms. The Morgan fingerprint density at radius 1 is 0.868 bits per heavy atom. The number of aryl methyl sites for hydroxylation is 1. The molecule has 0 aliphatic carbocycles. The Hall–Kier alpha value is -5.29. The Bertz CT molecular complexity index is 2080. The Morgan fingerprint density at radius 2 is 1.57 bits per heavy atom. The number of amides is 2. The fourth-order valence-electron chi connectivity index (χ4n) is 5.72. The molecule has 6 rings (SSSR count). The quantitative estimate of drug-likeness (QED) is 0.146. The number of alkyl halides is 6. The molecule has 2 N–H and O–H groups in total. The van der Waals surface area contributed by atoms with Crippen LogP contribution in [0.2, 0.25) is 0 Å². The zero-order valence-corrected chi connectivity index (χ0v) is 29.6. The van der Waals surface area contributed by atoms with Crippen molar-refractivity contribution in [2.45, 2.75) is 18.9 Å². The number of phenolic OH excluding ortho intramolecular Hbond substituents is 1. The minimum absolute atomic E-state index is 0. The van der Waals surface area contributed by atoms with Crippen molar-refractivity contribution in [2.75, 3.05) is 38.1 Å². The van der Waals surface area contributed by atoms with Gasteiger partial charge in [0.1, 0.15) is 22.9 Å². The highest BCUT2D eigenvalue weighted by molar-refractivity contribution is 8.93. The highest BCUT2D eigenvalue weighted by atomic mass is 79.9. The molecule has 1 aliphatic heterocycles. The summed E-state index contributed by atoms with van der Waals surface area (Å²) in [5.41, 5.74) is 1.00. The minimum Gasteiger partial charge on any atom is -0.507 e. The van der Waals surface area contributed by atoms with Crippen LogP contribution in [-0.2, 0) is 19.8 Å². The molecule has 280 valence electrons. The summed E-state index contributed by atoms with van der Waals surface area (Å²) in [7, 11) is 1.80. The smallest absolute Gasteiger partial charge is 0.422 e. The van der Waals surface area contributed by atoms with E-state index in [1.165, 1.54) is 30.5 Å². The summed E-state index contributed by atoms with van der Waals surface area (Å²) in [6, 6.07) is 18.6. The van der Waals surface area contributed by atoms with Crippen LogP contribution >= 0.6 is 17.0 Å². The van der Waals surface area contributed by atoms with Crippen molar-refractivity contribution < 1.29 is 50.5 Å². The molecule has 3 aromatic carbocycles. The first kappa shape index (κ1) is 38.9. The maximum Gasteiger partial charge on any atom is 0.422 e. The first-order valence-corrected chi connectivity index (χ1v) is 15.9. The van der Waals surface area contributed by atoms with E-state index in [9.17, 15) is 41.0 Å². The third kappa shape index (κ3) is 9.58. The van der Waals surface area contributed by atoms with Gasteiger partial charge >= 0.3 is 12.4 Å². The van der Waals surface area contributed by atoms with Gasteiger partial charge in [-0.1, -0.05) is 12.1 Å². The standard InChI is InChI=1S/C36H31F6N5O5.BrH/c1-45-29-10-8-27(52-32-11-5-25(19-43-32)44-33(49)28-9-4-24(18-31(28)48)36(40,41)42)16-23(29)17-30(45)34(50)47-14-12-46(13-15-47)20-22-2-6-26(7-3-22)51-21-35(37,38)39;/h2-11,16-19,48H,12-15,20-21H2,1H3,(H,44,49);1H. The molecule has 0 radical (unpaired) electrons. The molecule has 1 saturated heterocycles. The van der Waals surface area contributed by atoms with E-state index in [4.69, 9.17) is 9.47 Å². The van der Waals surface area contributed by atoms with E-state index < -0.39 is 36.2 Å². The van der Waals surface area contributed by atoms with E-state index in [1.54, 1.807) is 46.8 Å². The number of rotatable bonds is 9. The largest absolute Gasteiger partial charge is 0.507 e. The van der Waals surface area contributed by atoms with E-state index in [0.29, 0.717) is 56.3 Å². The van der Waals surface area contributed by atoms with Crippen molar-refractivity contribution in [3.8, 4) is 23.1 Å². The number of piperazine rings is 1. The number of phenols is 1. The first-order valence-electron chi connectivity index (χ1n) is 15.9. The number of pyridine rings is 1. The molecule has 17 heteroatoms. The zero-order chi connectivity index (χ0) is 37.2. The highest BCUT2D eigenvalue weighted by Crippen LogP contribution is 2.33. The SMILES string of the molecule is Br.Cn1c(C(=O)N2CCN(Cc3ccc(OCC(F)(F)F)cc3)CC2)cc2cc(Oc3ccc(NC(=O)c4ccc(C(F)(F)F)cc4O)cn3)ccc21. The number of fused-ring (bicyclic) bond motifs is 1. The second kappa shape index (κ2) is 15.8. The Balaban J connectivity index is 0.00000541. The van der Waals surface area contributed by atoms with Gasteiger partial charge in [-0.2, -0.15) is 26.3 Å². The van der Waals surface area contributed by atoms with Crippen LogP contribution in [0.25, 0.3) is 10.9 Å². The van der Waals surface area contributed by atoms with Gasteiger partial charge in [0.2, 0.25) is 5.88 Å². The molecular formula is C36H32BrF6N5O5. The summed E-state index contributed by atoms with van der Waals surface area (Å²) < 4.78 is 88.3. The summed E-state index contributed by atoms with van der Waals surface area (Å²) in [6.45, 7) is 1.46. The van der Waals surface area contributed by atoms with Crippen molar-refractivity contribution in [3.63, 3.8) is 0 Å². The van der Waals surface area contributed by atoms with Crippen molar-refractivity contribution >= 4 is 45.4 Å². The molecule has 10 nitrogen and oxygen atoms in total. The molecule has 0 unspecified atom stereocenters. The molecule has 0 saturated carbocycles. The lowest BCUT2D eigenvalue weighted by Crippen LogP contribution is -2.48. The number of carbonyl (C=O) groups is 2. The monoisotopic (exact) mass is 807 g/mol. The van der Waals surface area contributed by atoms with Gasteiger partial charge in [-0.25, -0.2) is 4.98 Å². The minimum atomic E-state index is -4.67. The molecule has 53 heavy (non-hydrogen) atoms. The number of nitrogens with zero attached hydrogens (tertiary/aromatic N) is 4. The number of carbonyl (C=O) groups excluding carboxylic acids is 2. The molecule has 2 aromatic heterocycles. The number of benzene rings is 3. The third-order valence-corrected chi connectivity index (χ3v) is 8.41. The second-order valence-corrected chi connectivity index (χ2v) is 12.1. The van der Waals surface area contributed by atoms with Crippen LogP contribution < -0.4 is 14.8 Å². The lowest BCUT2D eigenvalue weighted by Gasteiger charge is -2.34. The van der Waals surface area contributed by atoms with Crippen molar-refractivity contribution in [1.29, 1.82) is 0 Å². The number of hydrogen-bond donors (Lipinski definition) is 2. The van der Waals surface area contributed by atoms with Crippen molar-refractivity contribution in [3.05, 3.63) is 107 Å². The second-order valence-electron chi connectivity index (χ2n) is 12.1. The van der Waals surface area contributed by atoms with Gasteiger partial charge in [0, 0.05) is 56.7 Å². The van der Waals surface area contributed by atoms with E-state index in [2.05, 4.69) is 15.2 Å². The molecular weight excluding hydrogens is 776 g/mol. The van der Waals surface area contributed by atoms with Gasteiger partial charge in [0.15, 0.2) is 6.61 Å². The average molecular weight is 809 g/mol. The van der Waals surface area contributed by atoms with E-state index in [1.807, 2.05) is 6.07 Å². The zero-order valence-electron chi connectivity index (χ0n) is 27.9. The summed E-state index contributed by atoms with van der Waals surface area (Å²) in [6.07, 6.45) is -7.78. The Morgan fingerprint density at radius 3 is 2.19 bits per heavy atom. The molecule has 0 bridgehead atoms. The van der Waals surface area contributed by atoms with E-state index in [-0.39, 0.29) is 45.8 Å². The topological polar surface area (TPSA) is 109 Å². The van der Waals surface area contributed by atoms with Gasteiger partial charge in [0.05, 0.1) is 23.0 Å². The molecule has 0 atom stereocenters. The Kier molecular flexibility index (Phi) is 11.6. The molecule has 3 heterocycles. The summed E-state index contributed by atoms with van der Waals surface area (Å²) in [5.74, 6) is -1.01. The summed E-state index contributed by atoms with van der Waals surface area (Å²) >= 11 is 0. The predicted molar refractivity (Wildman–Crippen MR) is 188 cm³/mol. The number of aromatic hydroxyl groups is 1. The first-order chi connectivity index (χ1) is 24.6. The number of anilines is 1. The van der Waals surface area contributed by atoms with Crippen LogP contribution in [-0.4, -0.2) is 75.2 Å². The van der Waals surface area contributed by atoms with Gasteiger partial charge < -0.3 is 29.4 Å². The third-order valence-electron chi connectivity index (χ3n) is 8.41. The van der Waals surface area contributed by atoms with Crippen LogP contribution in [0.4, 0.5) is 32.0 Å². The normalized spacial score (nSPS) is 13.8. The Labute approximate surface area is 309 Å². The number of nitrogens with one attached hydrogen (secondary N) is 1. The number of aromatic nitrogens is 2. The van der Waals surface area contributed by atoms with Crippen LogP contribution in [0.3, 0.4) is 0 Å². The van der Waals surface area contributed by atoms with Crippen LogP contribution in [0.1, 0.15) is 32.0 Å². The van der Waals surface area contributed by atoms with Crippen LogP contribution in [0.5, 0.6) is 23.1 Å². The fraction of sp³-hybridized carbons (Fsp3) is 0.250. The number of hydrogen-bond acceptors (Lipinski definition) is 7. The molecule has 1 aliphatic rings. The molecule has 1 fully saturated rings. The fourth-order valence-corrected chi connectivity index (χ4v) is 5.72. The van der Waals surface area contributed by atoms with Gasteiger partial charge in [-0.3, -0.25) is 14.5 Å².